The fourth-order valence-electron chi connectivity index (χ4n) is 1.96. The van der Waals surface area contributed by atoms with E-state index in [1.54, 1.807) is 25.1 Å². The van der Waals surface area contributed by atoms with Crippen molar-refractivity contribution in [3.05, 3.63) is 51.3 Å². The zero-order chi connectivity index (χ0) is 14.7. The molecule has 1 aromatic heterocycles. The number of rotatable bonds is 5. The minimum absolute atomic E-state index is 0.0260. The summed E-state index contributed by atoms with van der Waals surface area (Å²) in [5, 5.41) is 27.3. The standard InChI is InChI=1S/C12H12N4O4/c1-2-9-11(12(17)18)13-14-15(9)7-8-5-3-4-6-10(8)16(19)20/h3-6H,2,7H2,1H3,(H,17,18). The molecule has 0 bridgehead atoms. The fraction of sp³-hybridized carbons (Fsp3) is 0.250. The van der Waals surface area contributed by atoms with Gasteiger partial charge >= 0.3 is 5.97 Å². The maximum atomic E-state index is 11.0. The molecule has 2 aromatic rings. The van der Waals surface area contributed by atoms with Gasteiger partial charge in [0.15, 0.2) is 5.69 Å². The second-order valence-corrected chi connectivity index (χ2v) is 4.09. The number of para-hydroxylation sites is 1. The quantitative estimate of drug-likeness (QED) is 0.654. The molecule has 0 fully saturated rings. The van der Waals surface area contributed by atoms with E-state index in [-0.39, 0.29) is 17.9 Å². The molecule has 0 aliphatic heterocycles. The minimum Gasteiger partial charge on any atom is -0.476 e. The summed E-state index contributed by atoms with van der Waals surface area (Å²) in [7, 11) is 0. The monoisotopic (exact) mass is 276 g/mol. The van der Waals surface area contributed by atoms with Gasteiger partial charge < -0.3 is 5.11 Å². The smallest absolute Gasteiger partial charge is 0.358 e. The summed E-state index contributed by atoms with van der Waals surface area (Å²) in [4.78, 5) is 21.5. The van der Waals surface area contributed by atoms with E-state index >= 15 is 0 Å². The Hall–Kier alpha value is -2.77. The van der Waals surface area contributed by atoms with Crippen molar-refractivity contribution in [3.63, 3.8) is 0 Å². The van der Waals surface area contributed by atoms with Gasteiger partial charge in [-0.1, -0.05) is 30.3 Å². The van der Waals surface area contributed by atoms with Crippen molar-refractivity contribution in [2.75, 3.05) is 0 Å². The molecule has 0 aliphatic carbocycles. The third kappa shape index (κ3) is 2.48. The predicted molar refractivity (Wildman–Crippen MR) is 68.6 cm³/mol. The van der Waals surface area contributed by atoms with Crippen LogP contribution in [0, 0.1) is 10.1 Å². The van der Waals surface area contributed by atoms with Crippen molar-refractivity contribution < 1.29 is 14.8 Å². The summed E-state index contributed by atoms with van der Waals surface area (Å²) in [5.41, 5.74) is 0.748. The highest BCUT2D eigenvalue weighted by Crippen LogP contribution is 2.19. The lowest BCUT2D eigenvalue weighted by molar-refractivity contribution is -0.385. The van der Waals surface area contributed by atoms with Gasteiger partial charge in [-0.25, -0.2) is 9.48 Å². The third-order valence-corrected chi connectivity index (χ3v) is 2.88. The number of carbonyl (C=O) groups is 1. The van der Waals surface area contributed by atoms with E-state index in [0.717, 1.165) is 0 Å². The maximum absolute atomic E-state index is 11.0. The molecule has 0 saturated carbocycles. The Bertz CT molecular complexity index is 665. The number of carboxylic acids is 1. The number of nitro benzene ring substituents is 1. The first-order chi connectivity index (χ1) is 9.54. The van der Waals surface area contributed by atoms with Crippen molar-refractivity contribution >= 4 is 11.7 Å². The van der Waals surface area contributed by atoms with Crippen LogP contribution >= 0.6 is 0 Å². The second-order valence-electron chi connectivity index (χ2n) is 4.09. The molecule has 20 heavy (non-hydrogen) atoms. The Morgan fingerprint density at radius 3 is 2.75 bits per heavy atom. The molecular weight excluding hydrogens is 264 g/mol. The Balaban J connectivity index is 2.41. The largest absolute Gasteiger partial charge is 0.476 e. The van der Waals surface area contributed by atoms with Gasteiger partial charge in [0, 0.05) is 6.07 Å². The summed E-state index contributed by atoms with van der Waals surface area (Å²) < 4.78 is 1.38. The Morgan fingerprint density at radius 2 is 2.15 bits per heavy atom. The van der Waals surface area contributed by atoms with Gasteiger partial charge in [-0.15, -0.1) is 5.10 Å². The summed E-state index contributed by atoms with van der Waals surface area (Å²) >= 11 is 0. The van der Waals surface area contributed by atoms with Crippen molar-refractivity contribution in [1.29, 1.82) is 0 Å². The Kier molecular flexibility index (Phi) is 3.74. The molecule has 0 unspecified atom stereocenters. The second kappa shape index (κ2) is 5.47. The first-order valence-corrected chi connectivity index (χ1v) is 5.92. The molecule has 0 atom stereocenters. The van der Waals surface area contributed by atoms with Crippen LogP contribution in [0.4, 0.5) is 5.69 Å². The number of aromatic nitrogens is 3. The van der Waals surface area contributed by atoms with Crippen LogP contribution in [-0.4, -0.2) is 31.0 Å². The molecule has 8 nitrogen and oxygen atoms in total. The highest BCUT2D eigenvalue weighted by Gasteiger charge is 2.20. The average molecular weight is 276 g/mol. The first kappa shape index (κ1) is 13.7. The molecule has 8 heteroatoms. The summed E-state index contributed by atoms with van der Waals surface area (Å²) in [6.45, 7) is 1.89. The molecule has 0 saturated heterocycles. The molecule has 0 aliphatic rings. The molecule has 1 N–H and O–H groups in total. The summed E-state index contributed by atoms with van der Waals surface area (Å²) in [5.74, 6) is -1.16. The molecule has 104 valence electrons. The first-order valence-electron chi connectivity index (χ1n) is 5.92. The molecule has 0 amide bonds. The van der Waals surface area contributed by atoms with Gasteiger partial charge in [0.25, 0.3) is 5.69 Å². The molecule has 0 spiro atoms. The number of nitro groups is 1. The number of nitrogens with zero attached hydrogens (tertiary/aromatic N) is 4. The fourth-order valence-corrected chi connectivity index (χ4v) is 1.96. The van der Waals surface area contributed by atoms with Crippen molar-refractivity contribution in [1.82, 2.24) is 15.0 Å². The van der Waals surface area contributed by atoms with Gasteiger partial charge in [-0.05, 0) is 6.42 Å². The van der Waals surface area contributed by atoms with Crippen LogP contribution < -0.4 is 0 Å². The van der Waals surface area contributed by atoms with Crippen molar-refractivity contribution in [2.45, 2.75) is 19.9 Å². The highest BCUT2D eigenvalue weighted by molar-refractivity contribution is 5.86. The summed E-state index contributed by atoms with van der Waals surface area (Å²) in [6.07, 6.45) is 0.426. The zero-order valence-electron chi connectivity index (χ0n) is 10.7. The van der Waals surface area contributed by atoms with E-state index in [1.807, 2.05) is 0 Å². The van der Waals surface area contributed by atoms with E-state index < -0.39 is 10.9 Å². The van der Waals surface area contributed by atoms with E-state index in [4.69, 9.17) is 5.11 Å². The van der Waals surface area contributed by atoms with Crippen LogP contribution in [0.15, 0.2) is 24.3 Å². The van der Waals surface area contributed by atoms with E-state index in [1.165, 1.54) is 10.7 Å². The Labute approximate surface area is 113 Å². The normalized spacial score (nSPS) is 10.4. The molecule has 1 heterocycles. The van der Waals surface area contributed by atoms with Gasteiger partial charge in [-0.3, -0.25) is 10.1 Å². The van der Waals surface area contributed by atoms with Gasteiger partial charge in [0.2, 0.25) is 0 Å². The Morgan fingerprint density at radius 1 is 1.45 bits per heavy atom. The van der Waals surface area contributed by atoms with Gasteiger partial charge in [-0.2, -0.15) is 0 Å². The lowest BCUT2D eigenvalue weighted by Crippen LogP contribution is -2.09. The molecule has 0 radical (unpaired) electrons. The van der Waals surface area contributed by atoms with Crippen LogP contribution in [-0.2, 0) is 13.0 Å². The third-order valence-electron chi connectivity index (χ3n) is 2.88. The van der Waals surface area contributed by atoms with Crippen molar-refractivity contribution in [3.8, 4) is 0 Å². The number of hydrogen-bond donors (Lipinski definition) is 1. The SMILES string of the molecule is CCc1c(C(=O)O)nnn1Cc1ccccc1[N+](=O)[O-]. The van der Waals surface area contributed by atoms with E-state index in [9.17, 15) is 14.9 Å². The van der Waals surface area contributed by atoms with Crippen LogP contribution in [0.5, 0.6) is 0 Å². The van der Waals surface area contributed by atoms with Crippen LogP contribution in [0.2, 0.25) is 0 Å². The number of aromatic carboxylic acids is 1. The van der Waals surface area contributed by atoms with Gasteiger partial charge in [0.1, 0.15) is 0 Å². The van der Waals surface area contributed by atoms with E-state index in [0.29, 0.717) is 17.7 Å². The van der Waals surface area contributed by atoms with Crippen molar-refractivity contribution in [2.24, 2.45) is 0 Å². The van der Waals surface area contributed by atoms with Crippen LogP contribution in [0.1, 0.15) is 28.7 Å². The lowest BCUT2D eigenvalue weighted by Gasteiger charge is -2.06. The number of hydrogen-bond acceptors (Lipinski definition) is 5. The maximum Gasteiger partial charge on any atom is 0.358 e. The van der Waals surface area contributed by atoms with Gasteiger partial charge in [0.05, 0.1) is 22.7 Å². The highest BCUT2D eigenvalue weighted by atomic mass is 16.6. The lowest BCUT2D eigenvalue weighted by atomic mass is 10.1. The molecular formula is C12H12N4O4. The minimum atomic E-state index is -1.16. The topological polar surface area (TPSA) is 111 Å². The number of benzene rings is 1. The number of carboxylic acid groups (broad SMARTS) is 1. The van der Waals surface area contributed by atoms with E-state index in [2.05, 4.69) is 10.3 Å². The molecule has 2 rings (SSSR count). The zero-order valence-corrected chi connectivity index (χ0v) is 10.7. The molecule has 1 aromatic carbocycles. The average Bonchev–Trinajstić information content (AvgIpc) is 2.82. The van der Waals surface area contributed by atoms with Crippen LogP contribution in [0.3, 0.4) is 0 Å². The van der Waals surface area contributed by atoms with Crippen LogP contribution in [0.25, 0.3) is 0 Å². The summed E-state index contributed by atoms with van der Waals surface area (Å²) in [6, 6.07) is 6.27. The predicted octanol–water partition coefficient (Wildman–Crippen LogP) is 1.50.